The SMILES string of the molecule is CC(C)(O)CN(CCO)C(C)(C)CO. The van der Waals surface area contributed by atoms with Crippen LogP contribution in [0.1, 0.15) is 27.7 Å². The average Bonchev–Trinajstić information content (AvgIpc) is 2.01. The Bertz CT molecular complexity index is 163. The fraction of sp³-hybridized carbons (Fsp3) is 1.00. The maximum Gasteiger partial charge on any atom is 0.0718 e. The quantitative estimate of drug-likeness (QED) is 0.563. The molecule has 0 aliphatic heterocycles. The summed E-state index contributed by atoms with van der Waals surface area (Å²) in [5.74, 6) is 0. The first-order chi connectivity index (χ1) is 6.23. The lowest BCUT2D eigenvalue weighted by molar-refractivity contribution is -0.0258. The molecule has 0 saturated heterocycles. The lowest BCUT2D eigenvalue weighted by atomic mass is 10.0. The Morgan fingerprint density at radius 3 is 1.86 bits per heavy atom. The third kappa shape index (κ3) is 4.91. The monoisotopic (exact) mass is 205 g/mol. The predicted octanol–water partition coefficient (Wildman–Crippen LogP) is -0.178. The topological polar surface area (TPSA) is 63.9 Å². The van der Waals surface area contributed by atoms with Crippen LogP contribution in [-0.4, -0.2) is 57.7 Å². The zero-order valence-corrected chi connectivity index (χ0v) is 9.62. The number of aliphatic hydroxyl groups excluding tert-OH is 2. The van der Waals surface area contributed by atoms with Crippen molar-refractivity contribution in [2.24, 2.45) is 0 Å². The third-order valence-electron chi connectivity index (χ3n) is 2.19. The Labute approximate surface area is 86.2 Å². The van der Waals surface area contributed by atoms with E-state index in [2.05, 4.69) is 0 Å². The number of rotatable bonds is 6. The predicted molar refractivity (Wildman–Crippen MR) is 56.1 cm³/mol. The molecule has 0 saturated carbocycles. The fourth-order valence-electron chi connectivity index (χ4n) is 1.28. The molecule has 0 aromatic carbocycles. The van der Waals surface area contributed by atoms with Crippen molar-refractivity contribution in [1.82, 2.24) is 4.90 Å². The highest BCUT2D eigenvalue weighted by Crippen LogP contribution is 2.16. The van der Waals surface area contributed by atoms with Gasteiger partial charge in [-0.2, -0.15) is 0 Å². The molecule has 0 aromatic rings. The number of hydrogen-bond donors (Lipinski definition) is 3. The molecule has 0 aromatic heterocycles. The highest BCUT2D eigenvalue weighted by molar-refractivity contribution is 4.84. The van der Waals surface area contributed by atoms with E-state index in [1.165, 1.54) is 0 Å². The van der Waals surface area contributed by atoms with E-state index < -0.39 is 11.1 Å². The number of β-amino-alcohol motifs (C(OH)–C–C–N with tert-alkyl or cyclic N) is 2. The van der Waals surface area contributed by atoms with Crippen LogP contribution in [0.2, 0.25) is 0 Å². The molecule has 0 spiro atoms. The fourth-order valence-corrected chi connectivity index (χ4v) is 1.28. The maximum atomic E-state index is 9.67. The number of hydrogen-bond acceptors (Lipinski definition) is 4. The van der Waals surface area contributed by atoms with Gasteiger partial charge in [0.05, 0.1) is 18.8 Å². The van der Waals surface area contributed by atoms with Crippen LogP contribution in [0.3, 0.4) is 0 Å². The molecule has 0 bridgehead atoms. The van der Waals surface area contributed by atoms with Gasteiger partial charge in [-0.25, -0.2) is 0 Å². The summed E-state index contributed by atoms with van der Waals surface area (Å²) >= 11 is 0. The molecule has 86 valence electrons. The molecule has 0 unspecified atom stereocenters. The van der Waals surface area contributed by atoms with Crippen LogP contribution in [0.15, 0.2) is 0 Å². The molecule has 14 heavy (non-hydrogen) atoms. The van der Waals surface area contributed by atoms with Crippen molar-refractivity contribution in [1.29, 1.82) is 0 Å². The molecule has 4 nitrogen and oxygen atoms in total. The van der Waals surface area contributed by atoms with Crippen molar-refractivity contribution in [2.75, 3.05) is 26.3 Å². The minimum Gasteiger partial charge on any atom is -0.395 e. The molecule has 0 heterocycles. The summed E-state index contributed by atoms with van der Waals surface area (Å²) in [6.45, 7) is 8.11. The van der Waals surface area contributed by atoms with Gasteiger partial charge in [-0.15, -0.1) is 0 Å². The first-order valence-corrected chi connectivity index (χ1v) is 4.92. The van der Waals surface area contributed by atoms with Crippen molar-refractivity contribution < 1.29 is 15.3 Å². The van der Waals surface area contributed by atoms with Crippen LogP contribution in [-0.2, 0) is 0 Å². The Morgan fingerprint density at radius 1 is 1.07 bits per heavy atom. The Kier molecular flexibility index (Phi) is 5.01. The summed E-state index contributed by atoms with van der Waals surface area (Å²) < 4.78 is 0. The van der Waals surface area contributed by atoms with E-state index >= 15 is 0 Å². The zero-order chi connectivity index (χ0) is 11.4. The Morgan fingerprint density at radius 2 is 1.57 bits per heavy atom. The zero-order valence-electron chi connectivity index (χ0n) is 9.62. The molecule has 0 atom stereocenters. The molecule has 0 aliphatic rings. The first-order valence-electron chi connectivity index (χ1n) is 4.92. The molecule has 0 amide bonds. The summed E-state index contributed by atoms with van der Waals surface area (Å²) in [5, 5.41) is 27.7. The lowest BCUT2D eigenvalue weighted by Crippen LogP contribution is -2.53. The van der Waals surface area contributed by atoms with Crippen molar-refractivity contribution in [3.05, 3.63) is 0 Å². The second-order valence-corrected chi connectivity index (χ2v) is 4.93. The smallest absolute Gasteiger partial charge is 0.0718 e. The van der Waals surface area contributed by atoms with E-state index in [-0.39, 0.29) is 13.2 Å². The summed E-state index contributed by atoms with van der Waals surface area (Å²) in [5.41, 5.74) is -1.23. The molecule has 3 N–H and O–H groups in total. The van der Waals surface area contributed by atoms with Crippen LogP contribution >= 0.6 is 0 Å². The van der Waals surface area contributed by atoms with Gasteiger partial charge in [0.15, 0.2) is 0 Å². The van der Waals surface area contributed by atoms with Crippen molar-refractivity contribution >= 4 is 0 Å². The van der Waals surface area contributed by atoms with Crippen molar-refractivity contribution in [3.8, 4) is 0 Å². The molecular formula is C10H23NO3. The summed E-state index contributed by atoms with van der Waals surface area (Å²) in [6, 6.07) is 0. The lowest BCUT2D eigenvalue weighted by Gasteiger charge is -2.40. The minimum absolute atomic E-state index is 0.00306. The van der Waals surface area contributed by atoms with E-state index in [9.17, 15) is 10.2 Å². The Hall–Kier alpha value is -0.160. The van der Waals surface area contributed by atoms with Crippen LogP contribution in [0, 0.1) is 0 Å². The summed E-state index contributed by atoms with van der Waals surface area (Å²) in [7, 11) is 0. The molecular weight excluding hydrogens is 182 g/mol. The number of aliphatic hydroxyl groups is 3. The molecule has 0 aliphatic carbocycles. The third-order valence-corrected chi connectivity index (χ3v) is 2.19. The first kappa shape index (κ1) is 13.8. The second-order valence-electron chi connectivity index (χ2n) is 4.93. The van der Waals surface area contributed by atoms with Gasteiger partial charge in [0.25, 0.3) is 0 Å². The van der Waals surface area contributed by atoms with Gasteiger partial charge in [0.1, 0.15) is 0 Å². The minimum atomic E-state index is -0.818. The van der Waals surface area contributed by atoms with Crippen LogP contribution in [0.5, 0.6) is 0 Å². The van der Waals surface area contributed by atoms with Gasteiger partial charge < -0.3 is 15.3 Å². The van der Waals surface area contributed by atoms with E-state index in [1.807, 2.05) is 18.7 Å². The standard InChI is InChI=1S/C10H23NO3/c1-9(2,8-13)11(5-6-12)7-10(3,4)14/h12-14H,5-8H2,1-4H3. The van der Waals surface area contributed by atoms with Crippen LogP contribution in [0.4, 0.5) is 0 Å². The number of nitrogens with zero attached hydrogens (tertiary/aromatic N) is 1. The van der Waals surface area contributed by atoms with E-state index in [4.69, 9.17) is 5.11 Å². The van der Waals surface area contributed by atoms with Gasteiger partial charge in [-0.3, -0.25) is 4.90 Å². The van der Waals surface area contributed by atoms with Gasteiger partial charge in [-0.1, -0.05) is 0 Å². The van der Waals surface area contributed by atoms with E-state index in [0.29, 0.717) is 13.1 Å². The van der Waals surface area contributed by atoms with Crippen molar-refractivity contribution in [3.63, 3.8) is 0 Å². The maximum absolute atomic E-state index is 9.67. The van der Waals surface area contributed by atoms with Gasteiger partial charge in [0.2, 0.25) is 0 Å². The van der Waals surface area contributed by atoms with Crippen LogP contribution < -0.4 is 0 Å². The largest absolute Gasteiger partial charge is 0.395 e. The van der Waals surface area contributed by atoms with Gasteiger partial charge in [-0.05, 0) is 27.7 Å². The molecule has 4 heteroatoms. The summed E-state index contributed by atoms with van der Waals surface area (Å²) in [6.07, 6.45) is 0. The molecule has 0 fully saturated rings. The molecule has 0 radical (unpaired) electrons. The highest BCUT2D eigenvalue weighted by atomic mass is 16.3. The molecule has 0 rings (SSSR count). The van der Waals surface area contributed by atoms with Gasteiger partial charge in [0, 0.05) is 18.6 Å². The second kappa shape index (κ2) is 5.07. The van der Waals surface area contributed by atoms with Crippen LogP contribution in [0.25, 0.3) is 0 Å². The average molecular weight is 205 g/mol. The van der Waals surface area contributed by atoms with E-state index in [1.54, 1.807) is 13.8 Å². The highest BCUT2D eigenvalue weighted by Gasteiger charge is 2.29. The summed E-state index contributed by atoms with van der Waals surface area (Å²) in [4.78, 5) is 1.88. The Balaban J connectivity index is 4.44. The van der Waals surface area contributed by atoms with Crippen molar-refractivity contribution in [2.45, 2.75) is 38.8 Å². The van der Waals surface area contributed by atoms with E-state index in [0.717, 1.165) is 0 Å². The van der Waals surface area contributed by atoms with Gasteiger partial charge >= 0.3 is 0 Å². The normalized spacial score (nSPS) is 13.7.